The van der Waals surface area contributed by atoms with Crippen molar-refractivity contribution in [1.29, 1.82) is 0 Å². The van der Waals surface area contributed by atoms with Gasteiger partial charge < -0.3 is 5.11 Å². The summed E-state index contributed by atoms with van der Waals surface area (Å²) in [5, 5.41) is 13.1. The van der Waals surface area contributed by atoms with E-state index in [1.807, 2.05) is 0 Å². The highest BCUT2D eigenvalue weighted by molar-refractivity contribution is 6.31. The summed E-state index contributed by atoms with van der Waals surface area (Å²) < 4.78 is 1.45. The summed E-state index contributed by atoms with van der Waals surface area (Å²) in [6.45, 7) is 5.29. The molecule has 1 rings (SSSR count). The molecule has 70 valence electrons. The van der Waals surface area contributed by atoms with E-state index in [0.29, 0.717) is 10.7 Å². The Kier molecular flexibility index (Phi) is 2.72. The van der Waals surface area contributed by atoms with Crippen molar-refractivity contribution in [3.63, 3.8) is 0 Å². The highest BCUT2D eigenvalue weighted by atomic mass is 35.5. The monoisotopic (exact) mass is 200 g/mol. The zero-order valence-corrected chi connectivity index (χ0v) is 7.88. The number of rotatable bonds is 3. The molecule has 0 amide bonds. The van der Waals surface area contributed by atoms with Crippen molar-refractivity contribution in [3.05, 3.63) is 29.1 Å². The lowest BCUT2D eigenvalue weighted by Crippen LogP contribution is -2.08. The van der Waals surface area contributed by atoms with Gasteiger partial charge in [0, 0.05) is 6.20 Å². The fraction of sp³-hybridized carbons (Fsp3) is 0.250. The van der Waals surface area contributed by atoms with Crippen molar-refractivity contribution in [3.8, 4) is 0 Å². The number of nitrogens with zero attached hydrogens (tertiary/aromatic N) is 2. The second-order valence-corrected chi connectivity index (χ2v) is 3.08. The number of hydrogen-bond donors (Lipinski definition) is 1. The molecule has 1 N–H and O–H groups in total. The minimum absolute atomic E-state index is 0.0826. The molecule has 0 spiro atoms. The Morgan fingerprint density at radius 3 is 2.85 bits per heavy atom. The molecule has 5 heteroatoms. The predicted octanol–water partition coefficient (Wildman–Crippen LogP) is 1.49. The first-order valence-corrected chi connectivity index (χ1v) is 3.99. The van der Waals surface area contributed by atoms with Crippen LogP contribution in [-0.2, 0) is 11.3 Å². The van der Waals surface area contributed by atoms with Crippen LogP contribution in [0.25, 0.3) is 0 Å². The van der Waals surface area contributed by atoms with Crippen LogP contribution in [0.15, 0.2) is 18.3 Å². The molecule has 0 fully saturated rings. The van der Waals surface area contributed by atoms with Gasteiger partial charge in [0.2, 0.25) is 0 Å². The lowest BCUT2D eigenvalue weighted by atomic mass is 10.3. The largest absolute Gasteiger partial charge is 0.478 e. The van der Waals surface area contributed by atoms with E-state index in [2.05, 4.69) is 11.7 Å². The number of halogens is 1. The molecule has 1 heterocycles. The molecular formula is C8H9ClN2O2. The molecule has 0 bridgehead atoms. The van der Waals surface area contributed by atoms with Gasteiger partial charge in [-0.1, -0.05) is 18.2 Å². The fourth-order valence-corrected chi connectivity index (χ4v) is 0.988. The molecule has 1 aromatic heterocycles. The van der Waals surface area contributed by atoms with Crippen LogP contribution in [0.2, 0.25) is 5.02 Å². The Bertz CT molecular complexity index is 338. The van der Waals surface area contributed by atoms with Gasteiger partial charge in [0.15, 0.2) is 0 Å². The van der Waals surface area contributed by atoms with Gasteiger partial charge in [0.25, 0.3) is 0 Å². The molecule has 0 radical (unpaired) electrons. The smallest absolute Gasteiger partial charge is 0.332 e. The van der Waals surface area contributed by atoms with Crippen LogP contribution in [0.1, 0.15) is 5.69 Å². The molecule has 0 unspecified atom stereocenters. The van der Waals surface area contributed by atoms with Crippen molar-refractivity contribution in [2.24, 2.45) is 0 Å². The first-order chi connectivity index (χ1) is 6.00. The molecule has 0 atom stereocenters. The topological polar surface area (TPSA) is 55.1 Å². The lowest BCUT2D eigenvalue weighted by Gasteiger charge is -1.99. The van der Waals surface area contributed by atoms with Crippen molar-refractivity contribution in [1.82, 2.24) is 9.78 Å². The summed E-state index contributed by atoms with van der Waals surface area (Å²) in [5.41, 5.74) is 0.763. The minimum atomic E-state index is -1.02. The standard InChI is InChI=1S/C8H9ClN2O2/c1-5(8(12)13)3-11-4-7(9)6(2)10-11/h4H,1,3H2,2H3,(H,12,13). The SMILES string of the molecule is C=C(Cn1cc(Cl)c(C)n1)C(=O)O. The zero-order chi connectivity index (χ0) is 10.0. The van der Waals surface area contributed by atoms with Gasteiger partial charge in [0.1, 0.15) is 0 Å². The minimum Gasteiger partial charge on any atom is -0.478 e. The third kappa shape index (κ3) is 2.32. The summed E-state index contributed by atoms with van der Waals surface area (Å²) in [5.74, 6) is -1.02. The van der Waals surface area contributed by atoms with Crippen LogP contribution in [0.5, 0.6) is 0 Å². The summed E-state index contributed by atoms with van der Waals surface area (Å²) >= 11 is 5.73. The second kappa shape index (κ2) is 3.62. The summed E-state index contributed by atoms with van der Waals surface area (Å²) in [7, 11) is 0. The predicted molar refractivity (Wildman–Crippen MR) is 48.7 cm³/mol. The maximum absolute atomic E-state index is 10.4. The van der Waals surface area contributed by atoms with Crippen molar-refractivity contribution in [2.45, 2.75) is 13.5 Å². The first kappa shape index (κ1) is 9.80. The average Bonchev–Trinajstić information content (AvgIpc) is 2.31. The maximum atomic E-state index is 10.4. The molecule has 0 aliphatic carbocycles. The van der Waals surface area contributed by atoms with E-state index in [1.54, 1.807) is 13.1 Å². The van der Waals surface area contributed by atoms with E-state index < -0.39 is 5.97 Å². The normalized spacial score (nSPS) is 10.0. The maximum Gasteiger partial charge on any atom is 0.332 e. The van der Waals surface area contributed by atoms with Crippen LogP contribution in [0.4, 0.5) is 0 Å². The number of hydrogen-bond acceptors (Lipinski definition) is 2. The molecule has 0 saturated carbocycles. The zero-order valence-electron chi connectivity index (χ0n) is 7.12. The Labute approximate surface area is 80.4 Å². The van der Waals surface area contributed by atoms with Gasteiger partial charge in [-0.05, 0) is 6.92 Å². The van der Waals surface area contributed by atoms with Gasteiger partial charge in [-0.25, -0.2) is 4.79 Å². The molecule has 0 aromatic carbocycles. The van der Waals surface area contributed by atoms with Gasteiger partial charge in [0.05, 0.1) is 22.8 Å². The number of carboxylic acid groups (broad SMARTS) is 1. The van der Waals surface area contributed by atoms with Crippen LogP contribution >= 0.6 is 11.6 Å². The van der Waals surface area contributed by atoms with Crippen LogP contribution < -0.4 is 0 Å². The summed E-state index contributed by atoms with van der Waals surface area (Å²) in [6, 6.07) is 0. The van der Waals surface area contributed by atoms with E-state index in [0.717, 1.165) is 0 Å². The van der Waals surface area contributed by atoms with E-state index in [-0.39, 0.29) is 12.1 Å². The fourth-order valence-electron chi connectivity index (χ4n) is 0.838. The summed E-state index contributed by atoms with van der Waals surface area (Å²) in [4.78, 5) is 10.4. The van der Waals surface area contributed by atoms with Gasteiger partial charge in [-0.3, -0.25) is 4.68 Å². The molecule has 0 aliphatic heterocycles. The van der Waals surface area contributed by atoms with Crippen molar-refractivity contribution in [2.75, 3.05) is 0 Å². The highest BCUT2D eigenvalue weighted by Crippen LogP contribution is 2.12. The number of aliphatic carboxylic acids is 1. The van der Waals surface area contributed by atoms with Crippen LogP contribution in [0.3, 0.4) is 0 Å². The summed E-state index contributed by atoms with van der Waals surface area (Å²) in [6.07, 6.45) is 1.57. The third-order valence-electron chi connectivity index (χ3n) is 1.54. The number of carboxylic acids is 1. The Balaban J connectivity index is 2.75. The molecule has 0 aliphatic rings. The van der Waals surface area contributed by atoms with Crippen LogP contribution in [-0.4, -0.2) is 20.9 Å². The molecule has 4 nitrogen and oxygen atoms in total. The first-order valence-electron chi connectivity index (χ1n) is 3.61. The molecule has 13 heavy (non-hydrogen) atoms. The number of aromatic nitrogens is 2. The lowest BCUT2D eigenvalue weighted by molar-refractivity contribution is -0.132. The van der Waals surface area contributed by atoms with E-state index in [1.165, 1.54) is 4.68 Å². The molecule has 0 saturated heterocycles. The van der Waals surface area contributed by atoms with Crippen LogP contribution in [0, 0.1) is 6.92 Å². The Morgan fingerprint density at radius 2 is 2.46 bits per heavy atom. The average molecular weight is 201 g/mol. The van der Waals surface area contributed by atoms with Crippen molar-refractivity contribution < 1.29 is 9.90 Å². The number of aryl methyl sites for hydroxylation is 1. The third-order valence-corrected chi connectivity index (χ3v) is 1.91. The molecule has 1 aromatic rings. The quantitative estimate of drug-likeness (QED) is 0.753. The number of carbonyl (C=O) groups is 1. The Morgan fingerprint density at radius 1 is 1.85 bits per heavy atom. The van der Waals surface area contributed by atoms with E-state index in [4.69, 9.17) is 16.7 Å². The van der Waals surface area contributed by atoms with Gasteiger partial charge in [-0.15, -0.1) is 0 Å². The second-order valence-electron chi connectivity index (χ2n) is 2.67. The molecular weight excluding hydrogens is 192 g/mol. The van der Waals surface area contributed by atoms with Gasteiger partial charge >= 0.3 is 5.97 Å². The highest BCUT2D eigenvalue weighted by Gasteiger charge is 2.07. The van der Waals surface area contributed by atoms with Gasteiger partial charge in [-0.2, -0.15) is 5.10 Å². The van der Waals surface area contributed by atoms with Crippen molar-refractivity contribution >= 4 is 17.6 Å². The van der Waals surface area contributed by atoms with E-state index in [9.17, 15) is 4.79 Å². The Hall–Kier alpha value is -1.29. The van der Waals surface area contributed by atoms with E-state index >= 15 is 0 Å².